The minimum absolute atomic E-state index is 0.273. The van der Waals surface area contributed by atoms with E-state index < -0.39 is 0 Å². The Morgan fingerprint density at radius 2 is 0.508 bits per heavy atom. The molecule has 1 aliphatic carbocycles. The fourth-order valence-corrected chi connectivity index (χ4v) is 10.1. The molecule has 63 heavy (non-hydrogen) atoms. The lowest BCUT2D eigenvalue weighted by Gasteiger charge is -2.24. The maximum Gasteiger partial charge on any atom is 0.0159 e. The van der Waals surface area contributed by atoms with Crippen molar-refractivity contribution in [2.45, 2.75) is 47.0 Å². The molecular weight excluding hydrogens is 757 g/mol. The summed E-state index contributed by atoms with van der Waals surface area (Å²) >= 11 is 0. The van der Waals surface area contributed by atoms with Gasteiger partial charge in [-0.25, -0.2) is 0 Å². The van der Waals surface area contributed by atoms with Gasteiger partial charge in [0.1, 0.15) is 0 Å². The van der Waals surface area contributed by atoms with E-state index in [-0.39, 0.29) is 5.41 Å². The zero-order valence-corrected chi connectivity index (χ0v) is 37.0. The first-order valence-corrected chi connectivity index (χ1v) is 22.3. The van der Waals surface area contributed by atoms with Crippen LogP contribution in [-0.4, -0.2) is 0 Å². The van der Waals surface area contributed by atoms with Gasteiger partial charge in [-0.1, -0.05) is 182 Å². The van der Waals surface area contributed by atoms with Crippen molar-refractivity contribution >= 4 is 21.5 Å². The summed E-state index contributed by atoms with van der Waals surface area (Å²) < 4.78 is 0. The van der Waals surface area contributed by atoms with Crippen LogP contribution >= 0.6 is 0 Å². The third-order valence-corrected chi connectivity index (χ3v) is 13.7. The second kappa shape index (κ2) is 15.0. The molecule has 0 nitrogen and oxygen atoms in total. The number of hydrogen-bond donors (Lipinski definition) is 0. The molecule has 0 aliphatic heterocycles. The lowest BCUT2D eigenvalue weighted by molar-refractivity contribution is 0.661. The van der Waals surface area contributed by atoms with Crippen molar-refractivity contribution in [1.82, 2.24) is 0 Å². The van der Waals surface area contributed by atoms with Crippen LogP contribution in [0.25, 0.3) is 99.4 Å². The third-order valence-electron chi connectivity index (χ3n) is 13.7. The van der Waals surface area contributed by atoms with Gasteiger partial charge in [-0.3, -0.25) is 0 Å². The van der Waals surface area contributed by atoms with Crippen molar-refractivity contribution < 1.29 is 0 Å². The van der Waals surface area contributed by atoms with Crippen LogP contribution < -0.4 is 0 Å². The summed E-state index contributed by atoms with van der Waals surface area (Å²) in [5.74, 6) is 0. The van der Waals surface area contributed by atoms with Crippen LogP contribution in [0.4, 0.5) is 0 Å². The topological polar surface area (TPSA) is 0 Å². The summed E-state index contributed by atoms with van der Waals surface area (Å²) in [7, 11) is 0. The van der Waals surface area contributed by atoms with Crippen LogP contribution in [0.1, 0.15) is 47.2 Å². The van der Waals surface area contributed by atoms with Crippen molar-refractivity contribution in [1.29, 1.82) is 0 Å². The van der Waals surface area contributed by atoms with Gasteiger partial charge in [0.2, 0.25) is 0 Å². The highest BCUT2D eigenvalue weighted by Gasteiger charge is 2.39. The van der Waals surface area contributed by atoms with Crippen LogP contribution in [0, 0.1) is 27.7 Å². The minimum Gasteiger partial charge on any atom is -0.0616 e. The van der Waals surface area contributed by atoms with Crippen LogP contribution in [0.2, 0.25) is 0 Å². The number of hydrogen-bond acceptors (Lipinski definition) is 0. The Labute approximate surface area is 372 Å². The van der Waals surface area contributed by atoms with Crippen LogP contribution in [0.5, 0.6) is 0 Å². The van der Waals surface area contributed by atoms with Crippen molar-refractivity contribution in [3.05, 3.63) is 228 Å². The van der Waals surface area contributed by atoms with Gasteiger partial charge < -0.3 is 0 Å². The number of benzene rings is 10. The van der Waals surface area contributed by atoms with Crippen molar-refractivity contribution in [2.75, 3.05) is 0 Å². The zero-order valence-electron chi connectivity index (χ0n) is 37.0. The lowest BCUT2D eigenvalue weighted by Crippen LogP contribution is -2.15. The molecule has 1 aliphatic rings. The summed E-state index contributed by atoms with van der Waals surface area (Å²) in [4.78, 5) is 0. The van der Waals surface area contributed by atoms with E-state index in [1.165, 1.54) is 133 Å². The lowest BCUT2D eigenvalue weighted by atomic mass is 9.79. The summed E-state index contributed by atoms with van der Waals surface area (Å²) in [6.07, 6.45) is 0. The van der Waals surface area contributed by atoms with Crippen molar-refractivity contribution in [3.63, 3.8) is 0 Å². The van der Waals surface area contributed by atoms with Gasteiger partial charge in [0.25, 0.3) is 0 Å². The second-order valence-electron chi connectivity index (χ2n) is 18.5. The average molecular weight is 807 g/mol. The molecule has 11 rings (SSSR count). The molecule has 0 unspecified atom stereocenters. The molecule has 0 bridgehead atoms. The third kappa shape index (κ3) is 6.70. The van der Waals surface area contributed by atoms with Crippen LogP contribution in [0.3, 0.4) is 0 Å². The molecule has 10 aromatic rings. The van der Waals surface area contributed by atoms with E-state index in [4.69, 9.17) is 0 Å². The summed E-state index contributed by atoms with van der Waals surface area (Å²) in [5, 5.41) is 5.15. The smallest absolute Gasteiger partial charge is 0.0159 e. The van der Waals surface area contributed by atoms with E-state index >= 15 is 0 Å². The Morgan fingerprint density at radius 3 is 0.794 bits per heavy atom. The first kappa shape index (κ1) is 38.6. The average Bonchev–Trinajstić information content (AvgIpc) is 3.54. The molecule has 0 heterocycles. The van der Waals surface area contributed by atoms with Crippen molar-refractivity contribution in [2.24, 2.45) is 0 Å². The largest absolute Gasteiger partial charge is 0.0616 e. The predicted octanol–water partition coefficient (Wildman–Crippen LogP) is 17.5. The van der Waals surface area contributed by atoms with Crippen LogP contribution in [-0.2, 0) is 5.41 Å². The Hall–Kier alpha value is -7.28. The first-order valence-electron chi connectivity index (χ1n) is 22.3. The number of fused-ring (bicyclic) bond motifs is 7. The molecule has 0 spiro atoms. The number of aryl methyl sites for hydroxylation is 4. The maximum atomic E-state index is 2.53. The van der Waals surface area contributed by atoms with E-state index in [1.807, 2.05) is 0 Å². The fraction of sp³-hybridized carbons (Fsp3) is 0.111. The van der Waals surface area contributed by atoms with Gasteiger partial charge in [-0.15, -0.1) is 0 Å². The quantitative estimate of drug-likeness (QED) is 0.157. The van der Waals surface area contributed by atoms with Gasteiger partial charge in [-0.05, 0) is 187 Å². The van der Waals surface area contributed by atoms with Gasteiger partial charge >= 0.3 is 0 Å². The minimum atomic E-state index is -0.273. The molecule has 0 aromatic heterocycles. The molecule has 0 N–H and O–H groups in total. The molecule has 0 atom stereocenters. The standard InChI is InChI=1S/C63H50/c1-39-15-23-43(24-16-39)47-31-48(44-25-17-40(2)18-26-44)34-51(33-47)57-37-59-61(55-13-9-7-11-53(55)57)62-56-14-10-8-12-54(56)58(38-60(62)63(59,5)6)52-35-49(45-27-19-41(3)20-28-45)32-50(36-52)46-29-21-42(4)22-30-46/h7-38H,1-6H3. The molecule has 10 aromatic carbocycles. The highest BCUT2D eigenvalue weighted by atomic mass is 14.4. The summed E-state index contributed by atoms with van der Waals surface area (Å²) in [6.45, 7) is 13.5. The monoisotopic (exact) mass is 806 g/mol. The number of rotatable bonds is 6. The second-order valence-corrected chi connectivity index (χ2v) is 18.5. The van der Waals surface area contributed by atoms with E-state index in [0.29, 0.717) is 0 Å². The molecule has 0 heteroatoms. The highest BCUT2D eigenvalue weighted by Crippen LogP contribution is 2.57. The molecule has 0 saturated carbocycles. The maximum absolute atomic E-state index is 2.53. The van der Waals surface area contributed by atoms with Crippen molar-refractivity contribution in [3.8, 4) is 77.9 Å². The molecule has 0 saturated heterocycles. The summed E-state index contributed by atoms with van der Waals surface area (Å²) in [5.41, 5.74) is 25.1. The predicted molar refractivity (Wildman–Crippen MR) is 271 cm³/mol. The molecule has 0 radical (unpaired) electrons. The Bertz CT molecular complexity index is 3040. The SMILES string of the molecule is Cc1ccc(-c2cc(-c3ccc(C)cc3)cc(-c3cc4c(c5ccccc35)-c3c(cc(-c5cc(-c6ccc(C)cc6)cc(-c6ccc(C)cc6)c5)c5ccccc35)C4(C)C)c2)cc1. The van der Waals surface area contributed by atoms with Gasteiger partial charge in [-0.2, -0.15) is 0 Å². The zero-order chi connectivity index (χ0) is 43.0. The van der Waals surface area contributed by atoms with E-state index in [9.17, 15) is 0 Å². The Kier molecular flexibility index (Phi) is 9.18. The molecule has 0 amide bonds. The molecule has 302 valence electrons. The van der Waals surface area contributed by atoms with E-state index in [0.717, 1.165) is 0 Å². The van der Waals surface area contributed by atoms with Crippen LogP contribution in [0.15, 0.2) is 194 Å². The first-order chi connectivity index (χ1) is 30.6. The van der Waals surface area contributed by atoms with E-state index in [1.54, 1.807) is 0 Å². The van der Waals surface area contributed by atoms with Gasteiger partial charge in [0, 0.05) is 5.41 Å². The normalized spacial score (nSPS) is 12.7. The van der Waals surface area contributed by atoms with E-state index in [2.05, 4.69) is 236 Å². The Balaban J connectivity index is 1.15. The highest BCUT2D eigenvalue weighted by molar-refractivity contribution is 6.17. The van der Waals surface area contributed by atoms with Gasteiger partial charge in [0.15, 0.2) is 0 Å². The fourth-order valence-electron chi connectivity index (χ4n) is 10.1. The molecular formula is C63H50. The summed E-state index contributed by atoms with van der Waals surface area (Å²) in [6, 6.07) is 73.5. The molecule has 0 fully saturated rings. The Morgan fingerprint density at radius 1 is 0.254 bits per heavy atom. The van der Waals surface area contributed by atoms with Gasteiger partial charge in [0.05, 0.1) is 0 Å².